The number of nitrogens with zero attached hydrogens (tertiary/aromatic N) is 1. The maximum Gasteiger partial charge on any atom is 0.315 e. The lowest BCUT2D eigenvalue weighted by Crippen LogP contribution is -2.44. The second kappa shape index (κ2) is 6.37. The minimum atomic E-state index is -3.05. The van der Waals surface area contributed by atoms with Crippen LogP contribution in [0.5, 0.6) is 0 Å². The van der Waals surface area contributed by atoms with Crippen LogP contribution in [0.3, 0.4) is 0 Å². The Hall–Kier alpha value is -1.40. The Morgan fingerprint density at radius 1 is 1.30 bits per heavy atom. The minimum absolute atomic E-state index is 0.0218. The summed E-state index contributed by atoms with van der Waals surface area (Å²) in [6, 6.07) is 8.98. The number of benzene rings is 1. The van der Waals surface area contributed by atoms with Crippen LogP contribution in [0.4, 0.5) is 0 Å². The van der Waals surface area contributed by atoms with E-state index in [9.17, 15) is 18.3 Å². The van der Waals surface area contributed by atoms with Crippen molar-refractivity contribution in [2.24, 2.45) is 0 Å². The molecule has 20 heavy (non-hydrogen) atoms. The van der Waals surface area contributed by atoms with Crippen molar-refractivity contribution in [3.8, 4) is 0 Å². The highest BCUT2D eigenvalue weighted by Gasteiger charge is 2.36. The minimum Gasteiger partial charge on any atom is -0.481 e. The Labute approximate surface area is 120 Å². The van der Waals surface area contributed by atoms with Crippen LogP contribution in [-0.4, -0.2) is 56.5 Å². The van der Waals surface area contributed by atoms with Gasteiger partial charge in [0.05, 0.1) is 5.75 Å². The van der Waals surface area contributed by atoms with Gasteiger partial charge < -0.3 is 10.0 Å². The fraction of sp³-hybridized carbons (Fsp3) is 0.500. The van der Waals surface area contributed by atoms with E-state index in [2.05, 4.69) is 0 Å². The van der Waals surface area contributed by atoms with Gasteiger partial charge in [0.15, 0.2) is 0 Å². The molecule has 5 nitrogen and oxygen atoms in total. The van der Waals surface area contributed by atoms with Gasteiger partial charge >= 0.3 is 5.97 Å². The third-order valence-corrected chi connectivity index (χ3v) is 4.24. The molecule has 0 spiro atoms. The summed E-state index contributed by atoms with van der Waals surface area (Å²) >= 11 is 0. The quantitative estimate of drug-likeness (QED) is 0.813. The standard InChI is InChI=1S/C14H21NO4S/c1-14(13(16)17,12-7-5-4-6-8-12)11-15(2)9-10-20(3,18)19/h4-8H,9-11H2,1-3H3,(H,16,17). The number of sulfone groups is 1. The summed E-state index contributed by atoms with van der Waals surface area (Å²) in [5.41, 5.74) is -0.355. The molecule has 1 rings (SSSR count). The summed E-state index contributed by atoms with van der Waals surface area (Å²) < 4.78 is 22.3. The summed E-state index contributed by atoms with van der Waals surface area (Å²) in [7, 11) is -1.32. The van der Waals surface area contributed by atoms with Crippen LogP contribution in [0.25, 0.3) is 0 Å². The van der Waals surface area contributed by atoms with Crippen LogP contribution in [0.15, 0.2) is 30.3 Å². The predicted molar refractivity (Wildman–Crippen MR) is 78.6 cm³/mol. The molecule has 0 aliphatic carbocycles. The van der Waals surface area contributed by atoms with E-state index in [0.717, 1.165) is 0 Å². The summed E-state index contributed by atoms with van der Waals surface area (Å²) in [4.78, 5) is 13.4. The van der Waals surface area contributed by atoms with Crippen LogP contribution in [0, 0.1) is 0 Å². The Morgan fingerprint density at radius 3 is 2.30 bits per heavy atom. The van der Waals surface area contributed by atoms with Crippen molar-refractivity contribution in [3.05, 3.63) is 35.9 Å². The van der Waals surface area contributed by atoms with Crippen molar-refractivity contribution in [1.82, 2.24) is 4.90 Å². The van der Waals surface area contributed by atoms with E-state index >= 15 is 0 Å². The smallest absolute Gasteiger partial charge is 0.315 e. The number of carbonyl (C=O) groups is 1. The van der Waals surface area contributed by atoms with Gasteiger partial charge in [0.1, 0.15) is 15.3 Å². The average Bonchev–Trinajstić information content (AvgIpc) is 2.36. The van der Waals surface area contributed by atoms with E-state index in [4.69, 9.17) is 0 Å². The molecule has 1 atom stereocenters. The first-order valence-corrected chi connectivity index (χ1v) is 8.36. The summed E-state index contributed by atoms with van der Waals surface area (Å²) in [5.74, 6) is -0.900. The fourth-order valence-corrected chi connectivity index (χ4v) is 2.67. The zero-order valence-corrected chi connectivity index (χ0v) is 12.9. The van der Waals surface area contributed by atoms with Gasteiger partial charge in [-0.1, -0.05) is 30.3 Å². The molecule has 0 bridgehead atoms. The Bertz CT molecular complexity index is 556. The zero-order chi connectivity index (χ0) is 15.4. The first-order valence-electron chi connectivity index (χ1n) is 6.30. The fourth-order valence-electron chi connectivity index (χ4n) is 2.03. The zero-order valence-electron chi connectivity index (χ0n) is 12.0. The van der Waals surface area contributed by atoms with Crippen LogP contribution < -0.4 is 0 Å². The van der Waals surface area contributed by atoms with Gasteiger partial charge in [0.25, 0.3) is 0 Å². The molecule has 6 heteroatoms. The van der Waals surface area contributed by atoms with Crippen molar-refractivity contribution in [1.29, 1.82) is 0 Å². The molecular weight excluding hydrogens is 278 g/mol. The number of hydrogen-bond acceptors (Lipinski definition) is 4. The number of likely N-dealkylation sites (N-methyl/N-ethyl adjacent to an activating group) is 1. The third kappa shape index (κ3) is 4.61. The first kappa shape index (κ1) is 16.7. The van der Waals surface area contributed by atoms with Crippen LogP contribution in [0.2, 0.25) is 0 Å². The number of hydrogen-bond donors (Lipinski definition) is 1. The number of carboxylic acids is 1. The highest BCUT2D eigenvalue weighted by atomic mass is 32.2. The molecule has 0 heterocycles. The molecule has 0 amide bonds. The molecule has 0 saturated heterocycles. The lowest BCUT2D eigenvalue weighted by atomic mass is 9.82. The second-order valence-electron chi connectivity index (χ2n) is 5.37. The molecule has 0 saturated carbocycles. The number of carboxylic acid groups (broad SMARTS) is 1. The summed E-state index contributed by atoms with van der Waals surface area (Å²) in [6.45, 7) is 2.22. The molecule has 0 aromatic heterocycles. The van der Waals surface area contributed by atoms with Gasteiger partial charge in [-0.25, -0.2) is 8.42 Å². The maximum atomic E-state index is 11.6. The van der Waals surface area contributed by atoms with E-state index < -0.39 is 21.2 Å². The highest BCUT2D eigenvalue weighted by molar-refractivity contribution is 7.90. The number of rotatable bonds is 7. The molecule has 1 aromatic carbocycles. The second-order valence-corrected chi connectivity index (χ2v) is 7.63. The molecule has 0 fully saturated rings. The van der Waals surface area contributed by atoms with Gasteiger partial charge in [-0.15, -0.1) is 0 Å². The summed E-state index contributed by atoms with van der Waals surface area (Å²) in [6.07, 6.45) is 1.18. The van der Waals surface area contributed by atoms with Crippen LogP contribution in [-0.2, 0) is 20.0 Å². The van der Waals surface area contributed by atoms with Crippen molar-refractivity contribution < 1.29 is 18.3 Å². The average molecular weight is 299 g/mol. The monoisotopic (exact) mass is 299 g/mol. The van der Waals surface area contributed by atoms with E-state index in [1.807, 2.05) is 6.07 Å². The summed E-state index contributed by atoms with van der Waals surface area (Å²) in [5, 5.41) is 9.52. The lowest BCUT2D eigenvalue weighted by molar-refractivity contribution is -0.143. The molecule has 0 radical (unpaired) electrons. The van der Waals surface area contributed by atoms with Crippen molar-refractivity contribution >= 4 is 15.8 Å². The maximum absolute atomic E-state index is 11.6. The van der Waals surface area contributed by atoms with Gasteiger partial charge in [-0.05, 0) is 19.5 Å². The topological polar surface area (TPSA) is 74.7 Å². The molecule has 112 valence electrons. The molecule has 0 aliphatic heterocycles. The van der Waals surface area contributed by atoms with E-state index in [-0.39, 0.29) is 12.3 Å². The molecule has 1 aromatic rings. The van der Waals surface area contributed by atoms with E-state index in [0.29, 0.717) is 12.1 Å². The molecule has 1 N–H and O–H groups in total. The largest absolute Gasteiger partial charge is 0.481 e. The normalized spacial score (nSPS) is 15.0. The lowest BCUT2D eigenvalue weighted by Gasteiger charge is -2.30. The van der Waals surface area contributed by atoms with Gasteiger partial charge in [-0.2, -0.15) is 0 Å². The van der Waals surface area contributed by atoms with E-state index in [1.54, 1.807) is 43.1 Å². The SMILES string of the molecule is CN(CCS(C)(=O)=O)CC(C)(C(=O)O)c1ccccc1. The number of aliphatic carboxylic acids is 1. The Balaban J connectivity index is 2.86. The predicted octanol–water partition coefficient (Wildman–Crippen LogP) is 1.01. The van der Waals surface area contributed by atoms with Gasteiger partial charge in [0, 0.05) is 19.3 Å². The van der Waals surface area contributed by atoms with Crippen LogP contribution in [0.1, 0.15) is 12.5 Å². The van der Waals surface area contributed by atoms with E-state index in [1.165, 1.54) is 6.26 Å². The van der Waals surface area contributed by atoms with Gasteiger partial charge in [-0.3, -0.25) is 4.79 Å². The highest BCUT2D eigenvalue weighted by Crippen LogP contribution is 2.25. The van der Waals surface area contributed by atoms with Crippen LogP contribution >= 0.6 is 0 Å². The van der Waals surface area contributed by atoms with Crippen molar-refractivity contribution in [3.63, 3.8) is 0 Å². The Kier molecular flexibility index (Phi) is 5.30. The first-order chi connectivity index (χ1) is 9.15. The van der Waals surface area contributed by atoms with Gasteiger partial charge in [0.2, 0.25) is 0 Å². The Morgan fingerprint density at radius 2 is 1.85 bits per heavy atom. The van der Waals surface area contributed by atoms with Crippen molar-refractivity contribution in [2.45, 2.75) is 12.3 Å². The van der Waals surface area contributed by atoms with Crippen molar-refractivity contribution in [2.75, 3.05) is 32.1 Å². The molecule has 1 unspecified atom stereocenters. The molecule has 0 aliphatic rings. The third-order valence-electron chi connectivity index (χ3n) is 3.31. The molecular formula is C14H21NO4S.